The maximum atomic E-state index is 14.8. The van der Waals surface area contributed by atoms with Crippen LogP contribution in [-0.2, 0) is 6.67 Å². The van der Waals surface area contributed by atoms with E-state index in [1.54, 1.807) is 4.57 Å². The number of hydrogen-bond donors (Lipinski definition) is 1. The molecule has 1 aliphatic carbocycles. The lowest BCUT2D eigenvalue weighted by Crippen LogP contribution is -2.26. The average molecular weight is 405 g/mol. The third-order valence-electron chi connectivity index (χ3n) is 5.18. The summed E-state index contributed by atoms with van der Waals surface area (Å²) in [6, 6.07) is 1.13. The van der Waals surface area contributed by atoms with Gasteiger partial charge < -0.3 is 9.67 Å². The van der Waals surface area contributed by atoms with E-state index in [0.717, 1.165) is 32.0 Å². The number of fused-ring (bicyclic) bond motifs is 3. The Morgan fingerprint density at radius 1 is 1.39 bits per heavy atom. The summed E-state index contributed by atoms with van der Waals surface area (Å²) in [6.45, 7) is 5.98. The number of hydrogen-bond acceptors (Lipinski definition) is 5. The molecule has 1 fully saturated rings. The van der Waals surface area contributed by atoms with Crippen molar-refractivity contribution >= 4 is 34.9 Å². The van der Waals surface area contributed by atoms with E-state index in [4.69, 9.17) is 12.2 Å². The number of aromatic nitrogens is 4. The van der Waals surface area contributed by atoms with Crippen molar-refractivity contribution in [3.8, 4) is 0 Å². The average Bonchev–Trinajstić information content (AvgIpc) is 3.45. The van der Waals surface area contributed by atoms with Gasteiger partial charge in [-0.25, -0.2) is 18.3 Å². The van der Waals surface area contributed by atoms with E-state index >= 15 is 0 Å². The van der Waals surface area contributed by atoms with Crippen molar-refractivity contribution in [1.82, 2.24) is 23.6 Å². The Balaban J connectivity index is 2.10. The molecule has 148 valence electrons. The standard InChI is InChI=1S/C18H20FN5O3S/c1-3-21(4-2)9-23-18(28)24-15(20-23)13(19)7-11-14(25)12(17(26)27)8-22(16(11)24)10-5-6-10/h7-8,10H,3-6,9H2,1-2H3,(H,26,27). The second kappa shape index (κ2) is 6.78. The van der Waals surface area contributed by atoms with E-state index in [-0.39, 0.29) is 27.4 Å². The van der Waals surface area contributed by atoms with Crippen LogP contribution in [0.4, 0.5) is 4.39 Å². The van der Waals surface area contributed by atoms with Crippen molar-refractivity contribution in [2.45, 2.75) is 39.4 Å². The summed E-state index contributed by atoms with van der Waals surface area (Å²) < 4.78 is 19.8. The Morgan fingerprint density at radius 2 is 2.07 bits per heavy atom. The topological polar surface area (TPSA) is 84.8 Å². The van der Waals surface area contributed by atoms with E-state index in [1.165, 1.54) is 15.3 Å². The van der Waals surface area contributed by atoms with Crippen molar-refractivity contribution in [3.63, 3.8) is 0 Å². The minimum Gasteiger partial charge on any atom is -0.477 e. The summed E-state index contributed by atoms with van der Waals surface area (Å²) >= 11 is 5.56. The summed E-state index contributed by atoms with van der Waals surface area (Å²) in [7, 11) is 0. The predicted molar refractivity (Wildman–Crippen MR) is 104 cm³/mol. The monoisotopic (exact) mass is 405 g/mol. The van der Waals surface area contributed by atoms with E-state index < -0.39 is 17.2 Å². The van der Waals surface area contributed by atoms with Gasteiger partial charge in [0.2, 0.25) is 10.2 Å². The lowest BCUT2D eigenvalue weighted by Gasteiger charge is -2.17. The maximum Gasteiger partial charge on any atom is 0.341 e. The summed E-state index contributed by atoms with van der Waals surface area (Å²) in [6.07, 6.45) is 3.05. The molecule has 3 aromatic heterocycles. The van der Waals surface area contributed by atoms with Crippen LogP contribution in [-0.4, -0.2) is 47.8 Å². The molecule has 1 saturated carbocycles. The molecule has 0 atom stereocenters. The third kappa shape index (κ3) is 2.83. The summed E-state index contributed by atoms with van der Waals surface area (Å²) in [5.41, 5.74) is -0.676. The lowest BCUT2D eigenvalue weighted by molar-refractivity contribution is 0.0695. The van der Waals surface area contributed by atoms with Crippen molar-refractivity contribution in [1.29, 1.82) is 0 Å². The molecule has 8 nitrogen and oxygen atoms in total. The van der Waals surface area contributed by atoms with Crippen molar-refractivity contribution < 1.29 is 14.3 Å². The summed E-state index contributed by atoms with van der Waals surface area (Å²) in [4.78, 5) is 26.3. The molecule has 10 heteroatoms. The summed E-state index contributed by atoms with van der Waals surface area (Å²) in [5.74, 6) is -2.04. The largest absolute Gasteiger partial charge is 0.477 e. The van der Waals surface area contributed by atoms with Gasteiger partial charge in [-0.15, -0.1) is 5.10 Å². The van der Waals surface area contributed by atoms with Crippen molar-refractivity contribution in [2.75, 3.05) is 13.1 Å². The quantitative estimate of drug-likeness (QED) is 0.635. The minimum atomic E-state index is -1.33. The first-order valence-electron chi connectivity index (χ1n) is 9.19. The first-order valence-corrected chi connectivity index (χ1v) is 9.60. The van der Waals surface area contributed by atoms with Gasteiger partial charge in [-0.2, -0.15) is 0 Å². The number of pyridine rings is 2. The highest BCUT2D eigenvalue weighted by molar-refractivity contribution is 7.71. The second-order valence-corrected chi connectivity index (χ2v) is 7.30. The second-order valence-electron chi connectivity index (χ2n) is 6.93. The van der Waals surface area contributed by atoms with Crippen molar-refractivity contribution in [3.05, 3.63) is 38.6 Å². The molecule has 3 heterocycles. The highest BCUT2D eigenvalue weighted by Crippen LogP contribution is 2.37. The van der Waals surface area contributed by atoms with Crippen LogP contribution in [0.3, 0.4) is 0 Å². The van der Waals surface area contributed by atoms with Gasteiger partial charge in [0.25, 0.3) is 0 Å². The number of carbonyl (C=O) groups is 1. The zero-order valence-electron chi connectivity index (χ0n) is 15.6. The fourth-order valence-corrected chi connectivity index (χ4v) is 3.72. The number of halogens is 1. The number of carboxylic acids is 1. The highest BCUT2D eigenvalue weighted by Gasteiger charge is 2.29. The van der Waals surface area contributed by atoms with Gasteiger partial charge >= 0.3 is 5.97 Å². The third-order valence-corrected chi connectivity index (χ3v) is 5.57. The highest BCUT2D eigenvalue weighted by atomic mass is 32.1. The molecule has 0 aromatic carbocycles. The van der Waals surface area contributed by atoms with Crippen molar-refractivity contribution in [2.24, 2.45) is 0 Å². The van der Waals surface area contributed by atoms with Crippen LogP contribution in [0.25, 0.3) is 16.7 Å². The zero-order chi connectivity index (χ0) is 20.2. The molecule has 0 bridgehead atoms. The molecule has 28 heavy (non-hydrogen) atoms. The molecule has 0 amide bonds. The van der Waals surface area contributed by atoms with E-state index in [1.807, 2.05) is 13.8 Å². The van der Waals surface area contributed by atoms with Gasteiger partial charge in [0, 0.05) is 12.2 Å². The Bertz CT molecular complexity index is 1220. The van der Waals surface area contributed by atoms with Gasteiger partial charge in [-0.1, -0.05) is 13.8 Å². The Kier molecular flexibility index (Phi) is 4.54. The van der Waals surface area contributed by atoms with E-state index in [2.05, 4.69) is 10.00 Å². The Morgan fingerprint density at radius 3 is 2.64 bits per heavy atom. The van der Waals surface area contributed by atoms with Gasteiger partial charge in [0.1, 0.15) is 11.2 Å². The van der Waals surface area contributed by atoms with Crippen LogP contribution in [0.5, 0.6) is 0 Å². The fourth-order valence-electron chi connectivity index (χ4n) is 3.44. The van der Waals surface area contributed by atoms with Crippen LogP contribution in [0, 0.1) is 10.6 Å². The van der Waals surface area contributed by atoms with Gasteiger partial charge in [0.05, 0.1) is 12.1 Å². The maximum absolute atomic E-state index is 14.8. The minimum absolute atomic E-state index is 0.00436. The molecular formula is C18H20FN5O3S. The fraction of sp³-hybridized carbons (Fsp3) is 0.444. The normalized spacial score (nSPS) is 14.4. The van der Waals surface area contributed by atoms with E-state index in [9.17, 15) is 19.1 Å². The number of aromatic carboxylic acids is 1. The molecule has 0 spiro atoms. The molecule has 4 rings (SSSR count). The molecule has 0 saturated heterocycles. The Hall–Kier alpha value is -2.59. The molecule has 1 N–H and O–H groups in total. The number of rotatable bonds is 6. The predicted octanol–water partition coefficient (Wildman–Crippen LogP) is 2.65. The van der Waals surface area contributed by atoms with Gasteiger partial charge in [-0.3, -0.25) is 9.69 Å². The van der Waals surface area contributed by atoms with E-state index in [0.29, 0.717) is 12.3 Å². The van der Waals surface area contributed by atoms with Crippen LogP contribution < -0.4 is 5.43 Å². The van der Waals surface area contributed by atoms with Crippen LogP contribution in [0.1, 0.15) is 43.1 Å². The smallest absolute Gasteiger partial charge is 0.341 e. The van der Waals surface area contributed by atoms with Gasteiger partial charge in [-0.05, 0) is 44.2 Å². The molecule has 0 radical (unpaired) electrons. The lowest BCUT2D eigenvalue weighted by atomic mass is 10.2. The number of nitrogens with zero attached hydrogens (tertiary/aromatic N) is 5. The molecule has 0 aliphatic heterocycles. The van der Waals surface area contributed by atoms with Gasteiger partial charge in [0.15, 0.2) is 11.5 Å². The zero-order valence-corrected chi connectivity index (χ0v) is 16.4. The molecule has 3 aromatic rings. The molecule has 0 unspecified atom stereocenters. The van der Waals surface area contributed by atoms with Crippen LogP contribution in [0.2, 0.25) is 0 Å². The van der Waals surface area contributed by atoms with Crippen LogP contribution in [0.15, 0.2) is 17.1 Å². The molecule has 1 aliphatic rings. The first-order chi connectivity index (χ1) is 13.4. The summed E-state index contributed by atoms with van der Waals surface area (Å²) in [5, 5.41) is 13.7. The molecular weight excluding hydrogens is 385 g/mol. The number of carboxylic acid groups (broad SMARTS) is 1. The Labute approximate surface area is 164 Å². The SMILES string of the molecule is CCN(CC)Cn1nc2c(F)cc3c(=O)c(C(=O)O)cn(C4CC4)c3n2c1=S. The van der Waals surface area contributed by atoms with Crippen LogP contribution >= 0.6 is 12.2 Å². The first kappa shape index (κ1) is 18.8.